The van der Waals surface area contributed by atoms with Crippen LogP contribution in [0.15, 0.2) is 24.4 Å². The summed E-state index contributed by atoms with van der Waals surface area (Å²) < 4.78 is 39.0. The molecule has 1 aliphatic rings. The van der Waals surface area contributed by atoms with Crippen LogP contribution < -0.4 is 0 Å². The standard InChI is InChI=1S/C15H14F3IN4O/c16-15(17,18)6-3-12(24)22-8-4-10(5-9-22)11-2-1-7-23-13(11)20-14(19)21-23/h1-2,4,7H,3,5-6,8-9H2. The van der Waals surface area contributed by atoms with Crippen LogP contribution in [0.25, 0.3) is 11.2 Å². The predicted molar refractivity (Wildman–Crippen MR) is 90.2 cm³/mol. The molecule has 1 amide bonds. The van der Waals surface area contributed by atoms with Gasteiger partial charge in [0.1, 0.15) is 0 Å². The lowest BCUT2D eigenvalue weighted by atomic mass is 10.00. The number of fused-ring (bicyclic) bond motifs is 1. The fraction of sp³-hybridized carbons (Fsp3) is 0.400. The number of carbonyl (C=O) groups excluding carboxylic acids is 1. The van der Waals surface area contributed by atoms with Gasteiger partial charge in [-0.1, -0.05) is 6.08 Å². The van der Waals surface area contributed by atoms with Crippen LogP contribution in [0.4, 0.5) is 13.2 Å². The zero-order chi connectivity index (χ0) is 17.3. The molecule has 0 atom stereocenters. The lowest BCUT2D eigenvalue weighted by molar-refractivity contribution is -0.148. The van der Waals surface area contributed by atoms with Gasteiger partial charge in [0.05, 0.1) is 6.42 Å². The Morgan fingerprint density at radius 1 is 1.38 bits per heavy atom. The van der Waals surface area contributed by atoms with Gasteiger partial charge in [-0.05, 0) is 24.1 Å². The fourth-order valence-corrected chi connectivity index (χ4v) is 3.14. The van der Waals surface area contributed by atoms with Gasteiger partial charge < -0.3 is 4.90 Å². The molecule has 3 heterocycles. The molecular formula is C15H14F3IN4O. The summed E-state index contributed by atoms with van der Waals surface area (Å²) in [4.78, 5) is 17.7. The highest BCUT2D eigenvalue weighted by atomic mass is 127. The number of nitrogens with zero attached hydrogens (tertiary/aromatic N) is 4. The Balaban J connectivity index is 1.72. The molecule has 5 nitrogen and oxygen atoms in total. The molecule has 0 unspecified atom stereocenters. The van der Waals surface area contributed by atoms with Crippen LogP contribution in [-0.4, -0.2) is 44.7 Å². The first-order chi connectivity index (χ1) is 11.3. The topological polar surface area (TPSA) is 50.5 Å². The molecule has 1 aliphatic heterocycles. The van der Waals surface area contributed by atoms with Crippen LogP contribution in [-0.2, 0) is 4.79 Å². The molecule has 128 valence electrons. The summed E-state index contributed by atoms with van der Waals surface area (Å²) in [6, 6.07) is 3.81. The van der Waals surface area contributed by atoms with Gasteiger partial charge in [-0.15, -0.1) is 5.10 Å². The van der Waals surface area contributed by atoms with Crippen molar-refractivity contribution in [3.8, 4) is 0 Å². The van der Waals surface area contributed by atoms with Crippen LogP contribution in [0.1, 0.15) is 24.8 Å². The Morgan fingerprint density at radius 2 is 2.17 bits per heavy atom. The number of halogens is 4. The Bertz CT molecular complexity index is 800. The summed E-state index contributed by atoms with van der Waals surface area (Å²) >= 11 is 2.04. The average Bonchev–Trinajstić information content (AvgIpc) is 2.92. The van der Waals surface area contributed by atoms with E-state index in [4.69, 9.17) is 0 Å². The second-order valence-corrected chi connectivity index (χ2v) is 6.47. The van der Waals surface area contributed by atoms with Crippen LogP contribution >= 0.6 is 22.6 Å². The summed E-state index contributed by atoms with van der Waals surface area (Å²) in [5, 5.41) is 4.25. The first kappa shape index (κ1) is 17.2. The van der Waals surface area contributed by atoms with E-state index in [0.29, 0.717) is 23.3 Å². The first-order valence-corrected chi connectivity index (χ1v) is 8.46. The maximum atomic E-state index is 12.2. The van der Waals surface area contributed by atoms with E-state index in [2.05, 4.69) is 10.1 Å². The van der Waals surface area contributed by atoms with Crippen molar-refractivity contribution < 1.29 is 18.0 Å². The van der Waals surface area contributed by atoms with E-state index in [1.54, 1.807) is 4.52 Å². The van der Waals surface area contributed by atoms with Crippen molar-refractivity contribution in [2.24, 2.45) is 0 Å². The van der Waals surface area contributed by atoms with E-state index >= 15 is 0 Å². The summed E-state index contributed by atoms with van der Waals surface area (Å²) in [5.41, 5.74) is 2.71. The zero-order valence-corrected chi connectivity index (χ0v) is 14.7. The van der Waals surface area contributed by atoms with Crippen molar-refractivity contribution in [3.05, 3.63) is 33.8 Å². The molecule has 9 heteroatoms. The SMILES string of the molecule is O=C(CCC(F)(F)F)N1CC=C(c2cccn3nc(I)nc23)CC1. The molecule has 0 radical (unpaired) electrons. The lowest BCUT2D eigenvalue weighted by Crippen LogP contribution is -2.35. The molecule has 24 heavy (non-hydrogen) atoms. The van der Waals surface area contributed by atoms with Gasteiger partial charge in [0.15, 0.2) is 5.65 Å². The predicted octanol–water partition coefficient (Wildman–Crippen LogP) is 3.29. The Kier molecular flexibility index (Phi) is 4.79. The van der Waals surface area contributed by atoms with E-state index < -0.39 is 24.9 Å². The highest BCUT2D eigenvalue weighted by Gasteiger charge is 2.29. The minimum atomic E-state index is -4.30. The Labute approximate surface area is 149 Å². The molecule has 0 spiro atoms. The summed E-state index contributed by atoms with van der Waals surface area (Å²) in [6.07, 6.45) is -1.59. The number of aromatic nitrogens is 3. The Hall–Kier alpha value is -1.65. The Morgan fingerprint density at radius 3 is 2.83 bits per heavy atom. The van der Waals surface area contributed by atoms with Crippen LogP contribution in [0, 0.1) is 3.83 Å². The maximum Gasteiger partial charge on any atom is 0.389 e. The summed E-state index contributed by atoms with van der Waals surface area (Å²) in [6.45, 7) is 0.729. The van der Waals surface area contributed by atoms with Crippen LogP contribution in [0.5, 0.6) is 0 Å². The van der Waals surface area contributed by atoms with Gasteiger partial charge >= 0.3 is 6.18 Å². The largest absolute Gasteiger partial charge is 0.389 e. The highest BCUT2D eigenvalue weighted by molar-refractivity contribution is 14.1. The van der Waals surface area contributed by atoms with Crippen molar-refractivity contribution in [3.63, 3.8) is 0 Å². The quantitative estimate of drug-likeness (QED) is 0.675. The van der Waals surface area contributed by atoms with Gasteiger partial charge in [0, 0.05) is 53.9 Å². The van der Waals surface area contributed by atoms with Crippen LogP contribution in [0.2, 0.25) is 0 Å². The third-order valence-corrected chi connectivity index (χ3v) is 4.32. The molecule has 0 N–H and O–H groups in total. The van der Waals surface area contributed by atoms with Crippen molar-refractivity contribution in [2.75, 3.05) is 13.1 Å². The van der Waals surface area contributed by atoms with Crippen LogP contribution in [0.3, 0.4) is 0 Å². The number of rotatable bonds is 3. The number of amides is 1. The third kappa shape index (κ3) is 3.87. The van der Waals surface area contributed by atoms with Gasteiger partial charge in [0.2, 0.25) is 9.74 Å². The van der Waals surface area contributed by atoms with E-state index in [1.165, 1.54) is 4.90 Å². The smallest absolute Gasteiger partial charge is 0.339 e. The van der Waals surface area contributed by atoms with E-state index in [9.17, 15) is 18.0 Å². The summed E-state index contributed by atoms with van der Waals surface area (Å²) in [5.74, 6) is -0.460. The number of hydrogen-bond acceptors (Lipinski definition) is 3. The molecule has 2 aromatic rings. The van der Waals surface area contributed by atoms with E-state index in [-0.39, 0.29) is 0 Å². The van der Waals surface area contributed by atoms with Crippen molar-refractivity contribution in [2.45, 2.75) is 25.4 Å². The second kappa shape index (κ2) is 6.69. The van der Waals surface area contributed by atoms with Crippen molar-refractivity contribution in [1.82, 2.24) is 19.5 Å². The molecule has 0 bridgehead atoms. The minimum absolute atomic E-state index is 0.318. The van der Waals surface area contributed by atoms with E-state index in [0.717, 1.165) is 16.8 Å². The summed E-state index contributed by atoms with van der Waals surface area (Å²) in [7, 11) is 0. The molecule has 3 rings (SSSR count). The van der Waals surface area contributed by atoms with Gasteiger partial charge in [-0.25, -0.2) is 9.50 Å². The van der Waals surface area contributed by atoms with Crippen molar-refractivity contribution >= 4 is 39.7 Å². The van der Waals surface area contributed by atoms with Gasteiger partial charge in [-0.2, -0.15) is 13.2 Å². The molecule has 0 aliphatic carbocycles. The highest BCUT2D eigenvalue weighted by Crippen LogP contribution is 2.27. The number of hydrogen-bond donors (Lipinski definition) is 0. The van der Waals surface area contributed by atoms with Gasteiger partial charge in [-0.3, -0.25) is 4.79 Å². The molecule has 0 aromatic carbocycles. The fourth-order valence-electron chi connectivity index (χ4n) is 2.68. The normalized spacial score (nSPS) is 15.7. The molecule has 0 saturated heterocycles. The molecule has 0 saturated carbocycles. The first-order valence-electron chi connectivity index (χ1n) is 7.38. The number of carbonyl (C=O) groups is 1. The second-order valence-electron chi connectivity index (χ2n) is 5.51. The molecule has 2 aromatic heterocycles. The molecular weight excluding hydrogens is 436 g/mol. The van der Waals surface area contributed by atoms with Gasteiger partial charge in [0.25, 0.3) is 0 Å². The maximum absolute atomic E-state index is 12.2. The monoisotopic (exact) mass is 450 g/mol. The number of pyridine rings is 1. The van der Waals surface area contributed by atoms with Crippen molar-refractivity contribution in [1.29, 1.82) is 0 Å². The minimum Gasteiger partial charge on any atom is -0.339 e. The lowest BCUT2D eigenvalue weighted by Gasteiger charge is -2.27. The zero-order valence-electron chi connectivity index (χ0n) is 12.6. The third-order valence-electron chi connectivity index (χ3n) is 3.87. The number of alkyl halides is 3. The van der Waals surface area contributed by atoms with E-state index in [1.807, 2.05) is 47.0 Å². The molecule has 0 fully saturated rings. The average molecular weight is 450 g/mol.